The van der Waals surface area contributed by atoms with Gasteiger partial charge in [0, 0.05) is 17.2 Å². The van der Waals surface area contributed by atoms with Crippen LogP contribution in [0.3, 0.4) is 0 Å². The number of hydrogen-bond acceptors (Lipinski definition) is 2. The number of nitrogens with zero attached hydrogens (tertiary/aromatic N) is 1. The van der Waals surface area contributed by atoms with E-state index >= 15 is 0 Å². The molecule has 0 atom stereocenters. The largest absolute Gasteiger partial charge is 0.439 e. The number of aryl methyl sites for hydroxylation is 1. The van der Waals surface area contributed by atoms with Crippen molar-refractivity contribution in [2.45, 2.75) is 19.8 Å². The molecule has 2 aromatic rings. The van der Waals surface area contributed by atoms with Crippen molar-refractivity contribution < 1.29 is 4.74 Å². The smallest absolute Gasteiger partial charge is 0.219 e. The van der Waals surface area contributed by atoms with E-state index in [0.29, 0.717) is 10.9 Å². The Labute approximate surface area is 106 Å². The van der Waals surface area contributed by atoms with E-state index in [1.165, 1.54) is 0 Å². The van der Waals surface area contributed by atoms with Crippen LogP contribution in [0.4, 0.5) is 0 Å². The van der Waals surface area contributed by atoms with Gasteiger partial charge in [-0.05, 0) is 36.8 Å². The number of halogens is 1. The molecule has 0 amide bonds. The number of hydrogen-bond donors (Lipinski definition) is 0. The Hall–Kier alpha value is -1.54. The van der Waals surface area contributed by atoms with Gasteiger partial charge in [0.25, 0.3) is 0 Å². The molecule has 1 aromatic heterocycles. The lowest BCUT2D eigenvalue weighted by Gasteiger charge is -2.05. The van der Waals surface area contributed by atoms with Crippen LogP contribution in [0.5, 0.6) is 11.6 Å². The normalized spacial score (nSPS) is 10.2. The van der Waals surface area contributed by atoms with Crippen molar-refractivity contribution in [3.8, 4) is 11.6 Å². The average Bonchev–Trinajstić information content (AvgIpc) is 2.33. The molecule has 0 saturated heterocycles. The van der Waals surface area contributed by atoms with Gasteiger partial charge in [0.2, 0.25) is 5.88 Å². The maximum absolute atomic E-state index is 5.80. The predicted octanol–water partition coefficient (Wildman–Crippen LogP) is 4.28. The Bertz CT molecular complexity index is 482. The van der Waals surface area contributed by atoms with E-state index in [9.17, 15) is 0 Å². The SMILES string of the molecule is CCCc1[c]ccc(Oc2ccc(Cl)cc2)n1. The van der Waals surface area contributed by atoms with Crippen molar-refractivity contribution in [3.63, 3.8) is 0 Å². The fourth-order valence-corrected chi connectivity index (χ4v) is 1.58. The van der Waals surface area contributed by atoms with Crippen LogP contribution in [-0.2, 0) is 6.42 Å². The van der Waals surface area contributed by atoms with Crippen molar-refractivity contribution in [2.75, 3.05) is 0 Å². The van der Waals surface area contributed by atoms with Crippen molar-refractivity contribution in [3.05, 3.63) is 53.2 Å². The lowest BCUT2D eigenvalue weighted by molar-refractivity contribution is 0.460. The van der Waals surface area contributed by atoms with Crippen LogP contribution < -0.4 is 4.74 Å². The predicted molar refractivity (Wildman–Crippen MR) is 68.6 cm³/mol. The molecule has 2 nitrogen and oxygen atoms in total. The van der Waals surface area contributed by atoms with Gasteiger partial charge < -0.3 is 4.74 Å². The third-order valence-corrected chi connectivity index (χ3v) is 2.50. The minimum absolute atomic E-state index is 0.592. The van der Waals surface area contributed by atoms with E-state index in [1.807, 2.05) is 18.2 Å². The molecule has 1 heterocycles. The van der Waals surface area contributed by atoms with Gasteiger partial charge in [-0.3, -0.25) is 0 Å². The third kappa shape index (κ3) is 3.46. The molecule has 1 radical (unpaired) electrons. The molecule has 0 aliphatic carbocycles. The topological polar surface area (TPSA) is 22.1 Å². The van der Waals surface area contributed by atoms with E-state index < -0.39 is 0 Å². The molecule has 0 saturated carbocycles. The summed E-state index contributed by atoms with van der Waals surface area (Å²) in [6.45, 7) is 2.11. The minimum atomic E-state index is 0.592. The summed E-state index contributed by atoms with van der Waals surface area (Å²) in [5, 5.41) is 0.693. The molecule has 2 rings (SSSR count). The Morgan fingerprint density at radius 2 is 2.00 bits per heavy atom. The van der Waals surface area contributed by atoms with Crippen LogP contribution in [0.25, 0.3) is 0 Å². The monoisotopic (exact) mass is 246 g/mol. The van der Waals surface area contributed by atoms with Crippen LogP contribution in [0.15, 0.2) is 36.4 Å². The zero-order valence-electron chi connectivity index (χ0n) is 9.61. The molecule has 0 unspecified atom stereocenters. The highest BCUT2D eigenvalue weighted by Gasteiger charge is 2.00. The van der Waals surface area contributed by atoms with Gasteiger partial charge in [-0.1, -0.05) is 24.9 Å². The fraction of sp³-hybridized carbons (Fsp3) is 0.214. The zero-order chi connectivity index (χ0) is 12.1. The molecule has 1 aromatic carbocycles. The second kappa shape index (κ2) is 5.69. The van der Waals surface area contributed by atoms with E-state index in [0.717, 1.165) is 24.3 Å². The first kappa shape index (κ1) is 11.9. The summed E-state index contributed by atoms with van der Waals surface area (Å²) in [6, 6.07) is 13.9. The molecule has 87 valence electrons. The van der Waals surface area contributed by atoms with Gasteiger partial charge in [-0.15, -0.1) is 0 Å². The lowest BCUT2D eigenvalue weighted by Crippen LogP contribution is -1.93. The Kier molecular flexibility index (Phi) is 3.99. The molecule has 0 spiro atoms. The number of ether oxygens (including phenoxy) is 1. The molecule has 0 aliphatic rings. The summed E-state index contributed by atoms with van der Waals surface area (Å²) in [6.07, 6.45) is 1.96. The van der Waals surface area contributed by atoms with E-state index in [1.54, 1.807) is 18.2 Å². The number of rotatable bonds is 4. The highest BCUT2D eigenvalue weighted by molar-refractivity contribution is 6.30. The molecule has 0 aliphatic heterocycles. The summed E-state index contributed by atoms with van der Waals surface area (Å²) < 4.78 is 5.63. The molecule has 0 fully saturated rings. The highest BCUT2D eigenvalue weighted by atomic mass is 35.5. The van der Waals surface area contributed by atoms with Gasteiger partial charge >= 0.3 is 0 Å². The van der Waals surface area contributed by atoms with E-state index in [4.69, 9.17) is 16.3 Å². The van der Waals surface area contributed by atoms with Crippen LogP contribution in [0.2, 0.25) is 5.02 Å². The first-order chi connectivity index (χ1) is 8.28. The Morgan fingerprint density at radius 1 is 1.24 bits per heavy atom. The van der Waals surface area contributed by atoms with Crippen molar-refractivity contribution >= 4 is 11.6 Å². The second-order valence-corrected chi connectivity index (χ2v) is 4.12. The first-order valence-corrected chi connectivity index (χ1v) is 5.97. The Morgan fingerprint density at radius 3 is 2.71 bits per heavy atom. The van der Waals surface area contributed by atoms with E-state index in [2.05, 4.69) is 18.0 Å². The third-order valence-electron chi connectivity index (χ3n) is 2.24. The van der Waals surface area contributed by atoms with Crippen molar-refractivity contribution in [1.29, 1.82) is 0 Å². The summed E-state index contributed by atoms with van der Waals surface area (Å²) in [5.41, 5.74) is 0.930. The standard InChI is InChI=1S/C14H13ClNO/c1-2-4-12-5-3-6-14(16-12)17-13-9-7-11(15)8-10-13/h3,6-10H,2,4H2,1H3. The fourth-order valence-electron chi connectivity index (χ4n) is 1.46. The van der Waals surface area contributed by atoms with Crippen LogP contribution in [0, 0.1) is 6.07 Å². The molecule has 17 heavy (non-hydrogen) atoms. The summed E-state index contributed by atoms with van der Waals surface area (Å²) in [4.78, 5) is 4.37. The van der Waals surface area contributed by atoms with Gasteiger partial charge in [0.05, 0.1) is 5.69 Å². The summed E-state index contributed by atoms with van der Waals surface area (Å²) >= 11 is 5.80. The van der Waals surface area contributed by atoms with Crippen molar-refractivity contribution in [1.82, 2.24) is 4.98 Å². The van der Waals surface area contributed by atoms with Gasteiger partial charge in [0.15, 0.2) is 0 Å². The number of benzene rings is 1. The second-order valence-electron chi connectivity index (χ2n) is 3.68. The molecule has 3 heteroatoms. The number of pyridine rings is 1. The molecule has 0 bridgehead atoms. The minimum Gasteiger partial charge on any atom is -0.439 e. The summed E-state index contributed by atoms with van der Waals surface area (Å²) in [5.74, 6) is 1.32. The summed E-state index contributed by atoms with van der Waals surface area (Å²) in [7, 11) is 0. The van der Waals surface area contributed by atoms with Gasteiger partial charge in [-0.25, -0.2) is 4.98 Å². The lowest BCUT2D eigenvalue weighted by atomic mass is 10.2. The van der Waals surface area contributed by atoms with E-state index in [-0.39, 0.29) is 0 Å². The van der Waals surface area contributed by atoms with Crippen molar-refractivity contribution in [2.24, 2.45) is 0 Å². The molecule has 0 N–H and O–H groups in total. The maximum atomic E-state index is 5.80. The highest BCUT2D eigenvalue weighted by Crippen LogP contribution is 2.21. The Balaban J connectivity index is 2.12. The van der Waals surface area contributed by atoms with Crippen LogP contribution in [-0.4, -0.2) is 4.98 Å². The molecular formula is C14H13ClNO. The van der Waals surface area contributed by atoms with Gasteiger partial charge in [-0.2, -0.15) is 0 Å². The number of aromatic nitrogens is 1. The van der Waals surface area contributed by atoms with Crippen LogP contribution in [0.1, 0.15) is 19.0 Å². The first-order valence-electron chi connectivity index (χ1n) is 5.59. The van der Waals surface area contributed by atoms with Crippen LogP contribution >= 0.6 is 11.6 Å². The maximum Gasteiger partial charge on any atom is 0.219 e. The quantitative estimate of drug-likeness (QED) is 0.803. The van der Waals surface area contributed by atoms with Gasteiger partial charge in [0.1, 0.15) is 5.75 Å². The zero-order valence-corrected chi connectivity index (χ0v) is 10.4. The molecular weight excluding hydrogens is 234 g/mol. The average molecular weight is 247 g/mol.